The van der Waals surface area contributed by atoms with Crippen LogP contribution in [0.5, 0.6) is 11.5 Å². The van der Waals surface area contributed by atoms with Crippen molar-refractivity contribution in [2.75, 3.05) is 30.2 Å². The number of amides is 2. The Kier molecular flexibility index (Phi) is 7.05. The maximum atomic E-state index is 13.7. The molecule has 0 radical (unpaired) electrons. The first-order valence-corrected chi connectivity index (χ1v) is 12.4. The number of nitrogens with one attached hydrogen (secondary N) is 3. The lowest BCUT2D eigenvalue weighted by molar-refractivity contribution is -0.113. The highest BCUT2D eigenvalue weighted by Crippen LogP contribution is 2.38. The third kappa shape index (κ3) is 5.19. The average Bonchev–Trinajstić information content (AvgIpc) is 3.36. The maximum Gasteiger partial charge on any atom is 0.261 e. The number of anilines is 3. The van der Waals surface area contributed by atoms with Crippen molar-refractivity contribution in [1.82, 2.24) is 9.78 Å². The van der Waals surface area contributed by atoms with Crippen molar-refractivity contribution < 1.29 is 19.1 Å². The van der Waals surface area contributed by atoms with Crippen LogP contribution in [0.1, 0.15) is 34.5 Å². The topological polar surface area (TPSA) is 107 Å². The molecule has 1 aliphatic heterocycles. The summed E-state index contributed by atoms with van der Waals surface area (Å²) in [7, 11) is 3.19. The van der Waals surface area contributed by atoms with Crippen LogP contribution in [0.25, 0.3) is 0 Å². The smallest absolute Gasteiger partial charge is 0.261 e. The molecule has 2 heterocycles. The molecule has 0 saturated carbocycles. The molecule has 0 aliphatic carbocycles. The molecule has 4 aromatic rings. The van der Waals surface area contributed by atoms with Gasteiger partial charge in [-0.3, -0.25) is 9.59 Å². The van der Waals surface area contributed by atoms with Crippen LogP contribution in [-0.4, -0.2) is 35.8 Å². The minimum atomic E-state index is -0.592. The normalized spacial score (nSPS) is 14.2. The lowest BCUT2D eigenvalue weighted by Crippen LogP contribution is -2.32. The van der Waals surface area contributed by atoms with Gasteiger partial charge in [-0.15, -0.1) is 0 Å². The molecule has 1 aliphatic rings. The molecule has 3 N–H and O–H groups in total. The van der Waals surface area contributed by atoms with Gasteiger partial charge in [-0.25, -0.2) is 4.68 Å². The highest BCUT2D eigenvalue weighted by atomic mass is 16.5. The van der Waals surface area contributed by atoms with Crippen molar-refractivity contribution in [2.45, 2.75) is 19.9 Å². The van der Waals surface area contributed by atoms with Gasteiger partial charge in [0.1, 0.15) is 28.9 Å². The quantitative estimate of drug-likeness (QED) is 0.300. The average molecular weight is 524 g/mol. The number of carbonyl (C=O) groups is 2. The number of allylic oxidation sites excluding steroid dienone is 1. The first-order chi connectivity index (χ1) is 18.9. The Bertz CT molecular complexity index is 1560. The second-order valence-corrected chi connectivity index (χ2v) is 9.20. The van der Waals surface area contributed by atoms with E-state index in [4.69, 9.17) is 9.47 Å². The van der Waals surface area contributed by atoms with E-state index in [0.29, 0.717) is 45.5 Å². The summed E-state index contributed by atoms with van der Waals surface area (Å²) in [6, 6.07) is 21.5. The van der Waals surface area contributed by atoms with Crippen molar-refractivity contribution in [3.63, 3.8) is 0 Å². The summed E-state index contributed by atoms with van der Waals surface area (Å²) in [6.45, 7) is 3.78. The largest absolute Gasteiger partial charge is 0.497 e. The molecule has 5 rings (SSSR count). The molecule has 198 valence electrons. The first kappa shape index (κ1) is 25.6. The molecule has 0 saturated heterocycles. The number of fused-ring (bicyclic) bond motifs is 1. The van der Waals surface area contributed by atoms with Gasteiger partial charge in [-0.05, 0) is 73.5 Å². The van der Waals surface area contributed by atoms with Gasteiger partial charge in [-0.2, -0.15) is 5.10 Å². The van der Waals surface area contributed by atoms with Crippen molar-refractivity contribution in [3.8, 4) is 11.5 Å². The van der Waals surface area contributed by atoms with Crippen molar-refractivity contribution in [2.24, 2.45) is 0 Å². The molecule has 9 nitrogen and oxygen atoms in total. The third-order valence-electron chi connectivity index (χ3n) is 6.57. The van der Waals surface area contributed by atoms with Gasteiger partial charge in [0.2, 0.25) is 0 Å². The van der Waals surface area contributed by atoms with E-state index in [2.05, 4.69) is 21.0 Å². The molecule has 0 fully saturated rings. The summed E-state index contributed by atoms with van der Waals surface area (Å²) in [5.41, 5.74) is 4.61. The zero-order valence-corrected chi connectivity index (χ0v) is 22.1. The van der Waals surface area contributed by atoms with E-state index < -0.39 is 6.04 Å². The summed E-state index contributed by atoms with van der Waals surface area (Å²) in [5.74, 6) is 1.28. The highest BCUT2D eigenvalue weighted by Gasteiger charge is 2.35. The predicted octanol–water partition coefficient (Wildman–Crippen LogP) is 5.39. The number of carbonyl (C=O) groups excluding carboxylic acids is 2. The van der Waals surface area contributed by atoms with Gasteiger partial charge in [0.15, 0.2) is 0 Å². The number of hydrogen-bond donors (Lipinski definition) is 3. The summed E-state index contributed by atoms with van der Waals surface area (Å²) in [5, 5.41) is 13.7. The fourth-order valence-electron chi connectivity index (χ4n) is 4.60. The molecule has 3 aromatic carbocycles. The Morgan fingerprint density at radius 1 is 0.846 bits per heavy atom. The summed E-state index contributed by atoms with van der Waals surface area (Å²) in [4.78, 5) is 27.0. The molecule has 0 spiro atoms. The van der Waals surface area contributed by atoms with Crippen LogP contribution in [0.4, 0.5) is 17.2 Å². The third-order valence-corrected chi connectivity index (χ3v) is 6.57. The van der Waals surface area contributed by atoms with E-state index in [1.807, 2.05) is 62.4 Å². The van der Waals surface area contributed by atoms with Gasteiger partial charge in [0, 0.05) is 17.1 Å². The van der Waals surface area contributed by atoms with Crippen LogP contribution in [0, 0.1) is 6.92 Å². The van der Waals surface area contributed by atoms with Gasteiger partial charge < -0.3 is 25.4 Å². The van der Waals surface area contributed by atoms with Crippen LogP contribution >= 0.6 is 0 Å². The monoisotopic (exact) mass is 523 g/mol. The fraction of sp³-hybridized carbons (Fsp3) is 0.167. The molecule has 9 heteroatoms. The second kappa shape index (κ2) is 10.7. The lowest BCUT2D eigenvalue weighted by Gasteiger charge is -2.30. The zero-order chi connectivity index (χ0) is 27.5. The van der Waals surface area contributed by atoms with E-state index >= 15 is 0 Å². The number of rotatable bonds is 7. The molecule has 39 heavy (non-hydrogen) atoms. The van der Waals surface area contributed by atoms with Gasteiger partial charge >= 0.3 is 0 Å². The minimum Gasteiger partial charge on any atom is -0.497 e. The maximum absolute atomic E-state index is 13.7. The van der Waals surface area contributed by atoms with Crippen molar-refractivity contribution in [3.05, 3.63) is 107 Å². The van der Waals surface area contributed by atoms with E-state index in [0.717, 1.165) is 11.1 Å². The van der Waals surface area contributed by atoms with E-state index in [1.165, 1.54) is 6.20 Å². The Morgan fingerprint density at radius 2 is 1.49 bits per heavy atom. The van der Waals surface area contributed by atoms with E-state index in [-0.39, 0.29) is 11.8 Å². The van der Waals surface area contributed by atoms with E-state index in [1.54, 1.807) is 43.2 Å². The first-order valence-electron chi connectivity index (χ1n) is 12.4. The van der Waals surface area contributed by atoms with Crippen LogP contribution in [0.3, 0.4) is 0 Å². The lowest BCUT2D eigenvalue weighted by atomic mass is 9.94. The Hall–Kier alpha value is -5.05. The van der Waals surface area contributed by atoms with Crippen LogP contribution in [0.15, 0.2) is 90.3 Å². The van der Waals surface area contributed by atoms with Gasteiger partial charge in [0.05, 0.1) is 26.0 Å². The number of aryl methyl sites for hydroxylation is 1. The molecule has 1 atom stereocenters. The van der Waals surface area contributed by atoms with E-state index in [9.17, 15) is 9.59 Å². The minimum absolute atomic E-state index is 0.294. The zero-order valence-electron chi connectivity index (χ0n) is 22.1. The highest BCUT2D eigenvalue weighted by molar-refractivity contribution is 6.09. The molecule has 1 aromatic heterocycles. The van der Waals surface area contributed by atoms with Gasteiger partial charge in [0.25, 0.3) is 11.8 Å². The number of aromatic nitrogens is 2. The fourth-order valence-corrected chi connectivity index (χ4v) is 4.60. The number of nitrogens with zero attached hydrogens (tertiary/aromatic N) is 2. The Morgan fingerprint density at radius 3 is 2.13 bits per heavy atom. The molecular weight excluding hydrogens is 494 g/mol. The van der Waals surface area contributed by atoms with Crippen LogP contribution in [0.2, 0.25) is 0 Å². The molecule has 0 bridgehead atoms. The standard InChI is InChI=1S/C30H29N5O4/c1-18-6-5-7-22(16-18)34-29(36)25-17-31-35-27(20-8-12-23(38-3)13-9-20)26(19(2)32-28(25)35)30(37)33-21-10-14-24(39-4)15-11-21/h5-17,27,32H,1-4H3,(H,33,37)(H,34,36)/t27-/m0/s1. The Balaban J connectivity index is 1.52. The predicted molar refractivity (Wildman–Crippen MR) is 150 cm³/mol. The number of hydrogen-bond acceptors (Lipinski definition) is 6. The molecule has 2 amide bonds. The second-order valence-electron chi connectivity index (χ2n) is 9.20. The van der Waals surface area contributed by atoms with Crippen LogP contribution < -0.4 is 25.4 Å². The molecule has 0 unspecified atom stereocenters. The van der Waals surface area contributed by atoms with Crippen molar-refractivity contribution in [1.29, 1.82) is 0 Å². The summed E-state index contributed by atoms with van der Waals surface area (Å²) in [6.07, 6.45) is 1.52. The SMILES string of the molecule is COc1ccc(NC(=O)C2=C(C)Nc3c(C(=O)Nc4cccc(C)c4)cnn3[C@H]2c2ccc(OC)cc2)cc1. The molecular formula is C30H29N5O4. The summed E-state index contributed by atoms with van der Waals surface area (Å²) < 4.78 is 12.2. The summed E-state index contributed by atoms with van der Waals surface area (Å²) >= 11 is 0. The number of methoxy groups -OCH3 is 2. The van der Waals surface area contributed by atoms with Gasteiger partial charge in [-0.1, -0.05) is 24.3 Å². The van der Waals surface area contributed by atoms with Crippen molar-refractivity contribution >= 4 is 29.0 Å². The van der Waals surface area contributed by atoms with Crippen LogP contribution in [-0.2, 0) is 4.79 Å². The number of benzene rings is 3. The Labute approximate surface area is 226 Å². The number of ether oxygens (including phenoxy) is 2.